The van der Waals surface area contributed by atoms with Crippen LogP contribution in [0.25, 0.3) is 0 Å². The fourth-order valence-corrected chi connectivity index (χ4v) is 3.35. The van der Waals surface area contributed by atoms with E-state index in [4.69, 9.17) is 18.0 Å². The number of hydrogen-bond acceptors (Lipinski definition) is 3. The van der Waals surface area contributed by atoms with E-state index in [9.17, 15) is 4.79 Å². The van der Waals surface area contributed by atoms with Crippen LogP contribution in [0.4, 0.5) is 0 Å². The lowest BCUT2D eigenvalue weighted by Crippen LogP contribution is -2.40. The molecule has 3 nitrogen and oxygen atoms in total. The fraction of sp³-hybridized carbons (Fsp3) is 0.385. The first-order valence-corrected chi connectivity index (χ1v) is 7.40. The number of carbonyl (C=O) groups excluding carboxylic acids is 1. The van der Waals surface area contributed by atoms with Gasteiger partial charge in [-0.15, -0.1) is 11.8 Å². The maximum absolute atomic E-state index is 12.1. The average molecular weight is 280 g/mol. The standard InChI is InChI=1S/C13H16N2OS2/c14-12(17)11(9-5-2-1-3-6-9)15-13(16)10-7-4-8-18-10/h1-3,5-6,10-11H,4,7-8H2,(H2,14,17)(H,15,16). The monoisotopic (exact) mass is 280 g/mol. The summed E-state index contributed by atoms with van der Waals surface area (Å²) in [5.74, 6) is 1.10. The molecule has 1 aromatic carbocycles. The summed E-state index contributed by atoms with van der Waals surface area (Å²) >= 11 is 6.75. The molecule has 1 saturated heterocycles. The van der Waals surface area contributed by atoms with Gasteiger partial charge in [-0.1, -0.05) is 42.5 Å². The number of rotatable bonds is 4. The molecule has 1 aliphatic heterocycles. The second kappa shape index (κ2) is 6.20. The zero-order chi connectivity index (χ0) is 13.0. The van der Waals surface area contributed by atoms with Crippen LogP contribution in [0.5, 0.6) is 0 Å². The zero-order valence-corrected chi connectivity index (χ0v) is 11.6. The van der Waals surface area contributed by atoms with Gasteiger partial charge in [-0.3, -0.25) is 4.79 Å². The average Bonchev–Trinajstić information content (AvgIpc) is 2.90. The summed E-state index contributed by atoms with van der Waals surface area (Å²) in [6, 6.07) is 9.23. The van der Waals surface area contributed by atoms with Crippen molar-refractivity contribution in [1.82, 2.24) is 5.32 Å². The Morgan fingerprint density at radius 2 is 2.17 bits per heavy atom. The van der Waals surface area contributed by atoms with Gasteiger partial charge in [0.25, 0.3) is 0 Å². The van der Waals surface area contributed by atoms with Gasteiger partial charge in [0.05, 0.1) is 5.25 Å². The van der Waals surface area contributed by atoms with Crippen molar-refractivity contribution in [3.05, 3.63) is 35.9 Å². The van der Waals surface area contributed by atoms with E-state index in [0.717, 1.165) is 24.2 Å². The topological polar surface area (TPSA) is 55.1 Å². The third kappa shape index (κ3) is 3.23. The van der Waals surface area contributed by atoms with Crippen molar-refractivity contribution in [3.63, 3.8) is 0 Å². The summed E-state index contributed by atoms with van der Waals surface area (Å²) in [4.78, 5) is 12.4. The van der Waals surface area contributed by atoms with Crippen LogP contribution in [-0.4, -0.2) is 21.9 Å². The molecule has 0 aromatic heterocycles. The summed E-state index contributed by atoms with van der Waals surface area (Å²) < 4.78 is 0. The number of carbonyl (C=O) groups is 1. The smallest absolute Gasteiger partial charge is 0.233 e. The molecule has 0 radical (unpaired) electrons. The van der Waals surface area contributed by atoms with Crippen LogP contribution in [0.1, 0.15) is 24.4 Å². The van der Waals surface area contributed by atoms with Gasteiger partial charge < -0.3 is 11.1 Å². The Bertz CT molecular complexity index is 430. The largest absolute Gasteiger partial charge is 0.391 e. The second-order valence-electron chi connectivity index (χ2n) is 4.26. The van der Waals surface area contributed by atoms with Gasteiger partial charge in [-0.05, 0) is 24.2 Å². The molecule has 1 amide bonds. The van der Waals surface area contributed by atoms with Crippen LogP contribution < -0.4 is 11.1 Å². The first-order valence-electron chi connectivity index (χ1n) is 5.94. The molecule has 2 rings (SSSR count). The SMILES string of the molecule is NC(=S)C(NC(=O)C1CCCS1)c1ccccc1. The maximum Gasteiger partial charge on any atom is 0.233 e. The predicted octanol–water partition coefficient (Wildman–Crippen LogP) is 2.03. The molecule has 2 atom stereocenters. The lowest BCUT2D eigenvalue weighted by molar-refractivity contribution is -0.120. The summed E-state index contributed by atoms with van der Waals surface area (Å²) in [5.41, 5.74) is 6.66. The van der Waals surface area contributed by atoms with E-state index in [1.54, 1.807) is 11.8 Å². The molecule has 0 saturated carbocycles. The van der Waals surface area contributed by atoms with Gasteiger partial charge in [-0.25, -0.2) is 0 Å². The fourth-order valence-electron chi connectivity index (χ4n) is 1.98. The predicted molar refractivity (Wildman–Crippen MR) is 79.6 cm³/mol. The molecule has 0 aliphatic carbocycles. The van der Waals surface area contributed by atoms with E-state index in [0.29, 0.717) is 4.99 Å². The van der Waals surface area contributed by atoms with Crippen LogP contribution in [0.3, 0.4) is 0 Å². The number of nitrogens with one attached hydrogen (secondary N) is 1. The Kier molecular flexibility index (Phi) is 4.60. The van der Waals surface area contributed by atoms with E-state index in [1.807, 2.05) is 30.3 Å². The quantitative estimate of drug-likeness (QED) is 0.829. The molecule has 3 N–H and O–H groups in total. The Morgan fingerprint density at radius 1 is 1.44 bits per heavy atom. The minimum atomic E-state index is -0.366. The molecular formula is C13H16N2OS2. The normalized spacial score (nSPS) is 20.3. The molecule has 96 valence electrons. The highest BCUT2D eigenvalue weighted by Crippen LogP contribution is 2.27. The van der Waals surface area contributed by atoms with E-state index in [-0.39, 0.29) is 17.2 Å². The number of thiocarbonyl (C=S) groups is 1. The molecule has 1 heterocycles. The Labute approximate surface area is 117 Å². The molecule has 1 aromatic rings. The number of thioether (sulfide) groups is 1. The van der Waals surface area contributed by atoms with Crippen molar-refractivity contribution in [2.24, 2.45) is 5.73 Å². The first kappa shape index (κ1) is 13.4. The van der Waals surface area contributed by atoms with Gasteiger partial charge >= 0.3 is 0 Å². The molecule has 1 fully saturated rings. The Hall–Kier alpha value is -1.07. The summed E-state index contributed by atoms with van der Waals surface area (Å²) in [6.07, 6.45) is 2.04. The van der Waals surface area contributed by atoms with Crippen LogP contribution in [0.15, 0.2) is 30.3 Å². The van der Waals surface area contributed by atoms with Crippen molar-refractivity contribution >= 4 is 34.9 Å². The number of benzene rings is 1. The molecule has 1 aliphatic rings. The van der Waals surface area contributed by atoms with Crippen LogP contribution in [-0.2, 0) is 4.79 Å². The van der Waals surface area contributed by atoms with Gasteiger partial charge in [0.15, 0.2) is 0 Å². The van der Waals surface area contributed by atoms with Crippen molar-refractivity contribution in [1.29, 1.82) is 0 Å². The highest BCUT2D eigenvalue weighted by atomic mass is 32.2. The number of hydrogen-bond donors (Lipinski definition) is 2. The van der Waals surface area contributed by atoms with E-state index < -0.39 is 0 Å². The van der Waals surface area contributed by atoms with Crippen molar-refractivity contribution < 1.29 is 4.79 Å². The summed E-state index contributed by atoms with van der Waals surface area (Å²) in [7, 11) is 0. The highest BCUT2D eigenvalue weighted by Gasteiger charge is 2.26. The van der Waals surface area contributed by atoms with Gasteiger partial charge in [0.2, 0.25) is 5.91 Å². The van der Waals surface area contributed by atoms with Crippen molar-refractivity contribution in [2.75, 3.05) is 5.75 Å². The third-order valence-corrected chi connectivity index (χ3v) is 4.54. The maximum atomic E-state index is 12.1. The Balaban J connectivity index is 2.07. The number of nitrogens with two attached hydrogens (primary N) is 1. The van der Waals surface area contributed by atoms with Crippen molar-refractivity contribution in [3.8, 4) is 0 Å². The minimum Gasteiger partial charge on any atom is -0.391 e. The summed E-state index contributed by atoms with van der Waals surface area (Å²) in [6.45, 7) is 0. The molecule has 0 spiro atoms. The van der Waals surface area contributed by atoms with Crippen LogP contribution in [0, 0.1) is 0 Å². The number of amides is 1. The second-order valence-corrected chi connectivity index (χ2v) is 6.04. The highest BCUT2D eigenvalue weighted by molar-refractivity contribution is 8.00. The van der Waals surface area contributed by atoms with Crippen LogP contribution >= 0.6 is 24.0 Å². The Morgan fingerprint density at radius 3 is 2.72 bits per heavy atom. The van der Waals surface area contributed by atoms with E-state index in [2.05, 4.69) is 5.32 Å². The molecule has 18 heavy (non-hydrogen) atoms. The zero-order valence-electron chi connectivity index (χ0n) is 9.96. The van der Waals surface area contributed by atoms with E-state index in [1.165, 1.54) is 0 Å². The van der Waals surface area contributed by atoms with Gasteiger partial charge in [-0.2, -0.15) is 0 Å². The van der Waals surface area contributed by atoms with Gasteiger partial charge in [0.1, 0.15) is 11.0 Å². The first-order chi connectivity index (χ1) is 8.68. The lowest BCUT2D eigenvalue weighted by atomic mass is 10.1. The molecule has 0 bridgehead atoms. The van der Waals surface area contributed by atoms with Gasteiger partial charge in [0, 0.05) is 0 Å². The van der Waals surface area contributed by atoms with Crippen molar-refractivity contribution in [2.45, 2.75) is 24.1 Å². The molecular weight excluding hydrogens is 264 g/mol. The van der Waals surface area contributed by atoms with Crippen LogP contribution in [0.2, 0.25) is 0 Å². The summed E-state index contributed by atoms with van der Waals surface area (Å²) in [5, 5.41) is 3.00. The lowest BCUT2D eigenvalue weighted by Gasteiger charge is -2.19. The molecule has 2 unspecified atom stereocenters. The van der Waals surface area contributed by atoms with E-state index >= 15 is 0 Å². The minimum absolute atomic E-state index is 0.0409. The third-order valence-electron chi connectivity index (χ3n) is 2.93. The molecule has 5 heteroatoms.